The topological polar surface area (TPSA) is 40.5 Å². The highest BCUT2D eigenvalue weighted by molar-refractivity contribution is 7.34. The third-order valence-electron chi connectivity index (χ3n) is 1.45. The van der Waals surface area contributed by atoms with Crippen molar-refractivity contribution in [3.8, 4) is 0 Å². The number of thiophene rings is 2. The highest BCUT2D eigenvalue weighted by Crippen LogP contribution is 2.31. The molecule has 0 amide bonds. The van der Waals surface area contributed by atoms with Crippen LogP contribution >= 0.6 is 34.3 Å². The fraction of sp³-hybridized carbons (Fsp3) is 0. The molecule has 2 heterocycles. The third-order valence-corrected chi connectivity index (χ3v) is 3.91. The number of halogens is 1. The van der Waals surface area contributed by atoms with Gasteiger partial charge in [0.05, 0.1) is 4.34 Å². The summed E-state index contributed by atoms with van der Waals surface area (Å²) in [6, 6.07) is 3.58. The summed E-state index contributed by atoms with van der Waals surface area (Å²) in [7, 11) is -1.37. The van der Waals surface area contributed by atoms with Gasteiger partial charge < -0.3 is 10.0 Å². The van der Waals surface area contributed by atoms with E-state index < -0.39 is 7.12 Å². The maximum absolute atomic E-state index is 8.85. The number of fused-ring (bicyclic) bond motifs is 1. The van der Waals surface area contributed by atoms with Crippen LogP contribution in [0.2, 0.25) is 4.34 Å². The molecule has 0 spiro atoms. The first kappa shape index (κ1) is 8.53. The molecule has 0 radical (unpaired) electrons. The normalized spacial score (nSPS) is 10.9. The predicted molar refractivity (Wildman–Crippen MR) is 54.5 cm³/mol. The SMILES string of the molecule is OB(O)c1cc2sc(Cl)cc2s1. The lowest BCUT2D eigenvalue weighted by Crippen LogP contribution is -2.26. The molecular formula is C6H4BClO2S2. The lowest BCUT2D eigenvalue weighted by molar-refractivity contribution is 0.427. The summed E-state index contributed by atoms with van der Waals surface area (Å²) in [5, 5.41) is 17.7. The molecule has 0 saturated heterocycles. The molecule has 62 valence electrons. The molecule has 2 N–H and O–H groups in total. The molecule has 0 fully saturated rings. The first-order chi connectivity index (χ1) is 5.66. The molecule has 0 atom stereocenters. The smallest absolute Gasteiger partial charge is 0.423 e. The summed E-state index contributed by atoms with van der Waals surface area (Å²) in [5.41, 5.74) is 0. The fourth-order valence-electron chi connectivity index (χ4n) is 0.952. The van der Waals surface area contributed by atoms with Crippen molar-refractivity contribution in [2.45, 2.75) is 0 Å². The molecule has 2 nitrogen and oxygen atoms in total. The zero-order chi connectivity index (χ0) is 8.72. The fourth-order valence-corrected chi connectivity index (χ4v) is 3.38. The van der Waals surface area contributed by atoms with Gasteiger partial charge in [-0.3, -0.25) is 0 Å². The highest BCUT2D eigenvalue weighted by atomic mass is 35.5. The lowest BCUT2D eigenvalue weighted by Gasteiger charge is -1.88. The van der Waals surface area contributed by atoms with Gasteiger partial charge in [0, 0.05) is 14.2 Å². The van der Waals surface area contributed by atoms with E-state index in [0.29, 0.717) is 4.78 Å². The first-order valence-electron chi connectivity index (χ1n) is 3.22. The summed E-state index contributed by atoms with van der Waals surface area (Å²) in [6.45, 7) is 0. The predicted octanol–water partition coefficient (Wildman–Crippen LogP) is 1.30. The van der Waals surface area contributed by atoms with Crippen molar-refractivity contribution in [2.24, 2.45) is 0 Å². The minimum atomic E-state index is -1.37. The minimum Gasteiger partial charge on any atom is -0.423 e. The molecule has 12 heavy (non-hydrogen) atoms. The van der Waals surface area contributed by atoms with Gasteiger partial charge in [-0.2, -0.15) is 0 Å². The maximum atomic E-state index is 8.85. The Morgan fingerprint density at radius 3 is 2.42 bits per heavy atom. The summed E-state index contributed by atoms with van der Waals surface area (Å²) >= 11 is 8.55. The molecule has 0 aliphatic carbocycles. The van der Waals surface area contributed by atoms with E-state index in [1.807, 2.05) is 6.07 Å². The van der Waals surface area contributed by atoms with Crippen molar-refractivity contribution in [3.05, 3.63) is 16.5 Å². The van der Waals surface area contributed by atoms with Crippen LogP contribution in [0.3, 0.4) is 0 Å². The largest absolute Gasteiger partial charge is 0.499 e. The zero-order valence-electron chi connectivity index (χ0n) is 5.82. The number of hydrogen-bond acceptors (Lipinski definition) is 4. The van der Waals surface area contributed by atoms with Gasteiger partial charge in [0.1, 0.15) is 0 Å². The molecule has 0 aliphatic heterocycles. The zero-order valence-corrected chi connectivity index (χ0v) is 8.21. The van der Waals surface area contributed by atoms with Gasteiger partial charge in [-0.1, -0.05) is 11.6 Å². The van der Waals surface area contributed by atoms with Crippen LogP contribution in [0.1, 0.15) is 0 Å². The van der Waals surface area contributed by atoms with Crippen LogP contribution in [0.4, 0.5) is 0 Å². The molecule has 2 aromatic rings. The molecule has 0 unspecified atom stereocenters. The second-order valence-corrected chi connectivity index (χ2v) is 5.13. The van der Waals surface area contributed by atoms with E-state index in [2.05, 4.69) is 0 Å². The summed E-state index contributed by atoms with van der Waals surface area (Å²) in [5.74, 6) is 0. The Hall–Kier alpha value is -0.0651. The first-order valence-corrected chi connectivity index (χ1v) is 5.23. The molecule has 0 bridgehead atoms. The van der Waals surface area contributed by atoms with Crippen LogP contribution in [-0.2, 0) is 0 Å². The van der Waals surface area contributed by atoms with E-state index in [1.54, 1.807) is 6.07 Å². The van der Waals surface area contributed by atoms with Crippen molar-refractivity contribution in [2.75, 3.05) is 0 Å². The summed E-state index contributed by atoms with van der Waals surface area (Å²) in [6.07, 6.45) is 0. The second kappa shape index (κ2) is 3.01. The van der Waals surface area contributed by atoms with Gasteiger partial charge in [0.2, 0.25) is 0 Å². The Kier molecular flexibility index (Phi) is 2.14. The van der Waals surface area contributed by atoms with Crippen LogP contribution in [0.15, 0.2) is 12.1 Å². The lowest BCUT2D eigenvalue weighted by atomic mass is 9.90. The molecule has 0 aromatic carbocycles. The monoisotopic (exact) mass is 218 g/mol. The van der Waals surface area contributed by atoms with Crippen molar-refractivity contribution in [1.29, 1.82) is 0 Å². The van der Waals surface area contributed by atoms with Gasteiger partial charge in [-0.15, -0.1) is 22.7 Å². The van der Waals surface area contributed by atoms with E-state index >= 15 is 0 Å². The van der Waals surface area contributed by atoms with Crippen molar-refractivity contribution in [1.82, 2.24) is 0 Å². The van der Waals surface area contributed by atoms with E-state index in [-0.39, 0.29) is 0 Å². The van der Waals surface area contributed by atoms with Gasteiger partial charge in [0.15, 0.2) is 0 Å². The van der Waals surface area contributed by atoms with E-state index in [0.717, 1.165) is 13.7 Å². The van der Waals surface area contributed by atoms with E-state index in [1.165, 1.54) is 22.7 Å². The van der Waals surface area contributed by atoms with E-state index in [9.17, 15) is 0 Å². The Morgan fingerprint density at radius 2 is 1.83 bits per heavy atom. The van der Waals surface area contributed by atoms with Crippen LogP contribution in [-0.4, -0.2) is 17.2 Å². The molecule has 0 saturated carbocycles. The van der Waals surface area contributed by atoms with Crippen molar-refractivity contribution >= 4 is 55.6 Å². The molecular weight excluding hydrogens is 214 g/mol. The quantitative estimate of drug-likeness (QED) is 0.709. The minimum absolute atomic E-state index is 0.563. The molecule has 6 heteroatoms. The summed E-state index contributed by atoms with van der Waals surface area (Å²) < 4.78 is 3.31. The number of hydrogen-bond donors (Lipinski definition) is 2. The van der Waals surface area contributed by atoms with Crippen molar-refractivity contribution in [3.63, 3.8) is 0 Å². The highest BCUT2D eigenvalue weighted by Gasteiger charge is 2.15. The Labute approximate surface area is 82.2 Å². The average molecular weight is 218 g/mol. The third kappa shape index (κ3) is 1.38. The van der Waals surface area contributed by atoms with E-state index in [4.69, 9.17) is 21.6 Å². The number of rotatable bonds is 1. The molecule has 0 aliphatic rings. The average Bonchev–Trinajstić information content (AvgIpc) is 2.42. The summed E-state index contributed by atoms with van der Waals surface area (Å²) in [4.78, 5) is 0. The second-order valence-electron chi connectivity index (χ2n) is 2.30. The van der Waals surface area contributed by atoms with Crippen LogP contribution in [0.5, 0.6) is 0 Å². The maximum Gasteiger partial charge on any atom is 0.499 e. The van der Waals surface area contributed by atoms with Gasteiger partial charge in [-0.25, -0.2) is 0 Å². The van der Waals surface area contributed by atoms with Crippen LogP contribution in [0.25, 0.3) is 9.40 Å². The molecule has 2 rings (SSSR count). The standard InChI is InChI=1S/C6H4BClO2S2/c8-6-2-4-3(12-6)1-5(11-4)7(9)10/h1-2,9-10H. The molecule has 2 aromatic heterocycles. The van der Waals surface area contributed by atoms with Crippen molar-refractivity contribution < 1.29 is 10.0 Å². The van der Waals surface area contributed by atoms with Gasteiger partial charge in [0.25, 0.3) is 0 Å². The Morgan fingerprint density at radius 1 is 1.17 bits per heavy atom. The Balaban J connectivity index is 2.57. The van der Waals surface area contributed by atoms with Crippen LogP contribution in [0, 0.1) is 0 Å². The van der Waals surface area contributed by atoms with Crippen LogP contribution < -0.4 is 4.78 Å². The van der Waals surface area contributed by atoms with Gasteiger partial charge in [-0.05, 0) is 12.1 Å². The Bertz CT molecular complexity index is 377. The van der Waals surface area contributed by atoms with Gasteiger partial charge >= 0.3 is 7.12 Å².